The molecule has 1 heterocycles. The van der Waals surface area contributed by atoms with E-state index < -0.39 is 21.6 Å². The molecular weight excluding hydrogens is 356 g/mol. The van der Waals surface area contributed by atoms with Crippen molar-refractivity contribution in [3.63, 3.8) is 0 Å². The minimum atomic E-state index is -3.28. The molecule has 1 unspecified atom stereocenters. The number of sulfonamides is 1. The van der Waals surface area contributed by atoms with Crippen LogP contribution >= 0.6 is 0 Å². The van der Waals surface area contributed by atoms with E-state index in [-0.39, 0.29) is 11.8 Å². The average Bonchev–Trinajstić information content (AvgIpc) is 2.58. The number of hydrogen-bond acceptors (Lipinski definition) is 5. The van der Waals surface area contributed by atoms with Crippen LogP contribution in [0.25, 0.3) is 6.08 Å². The summed E-state index contributed by atoms with van der Waals surface area (Å²) in [6.07, 6.45) is 3.19. The van der Waals surface area contributed by atoms with Gasteiger partial charge in [-0.1, -0.05) is 6.92 Å². The molecule has 0 aliphatic carbocycles. The van der Waals surface area contributed by atoms with Crippen molar-refractivity contribution in [3.05, 3.63) is 29.8 Å². The van der Waals surface area contributed by atoms with Gasteiger partial charge in [-0.25, -0.2) is 13.1 Å². The molecule has 1 aromatic rings. The normalized spacial score (nSPS) is 17.5. The minimum absolute atomic E-state index is 0.0515. The molecule has 144 valence electrons. The second-order valence-corrected chi connectivity index (χ2v) is 9.08. The molecule has 7 nitrogen and oxygen atoms in total. The lowest BCUT2D eigenvalue weighted by atomic mass is 10.1. The highest BCUT2D eigenvalue weighted by molar-refractivity contribution is 7.90. The third-order valence-electron chi connectivity index (χ3n) is 4.10. The third kappa shape index (κ3) is 5.82. The van der Waals surface area contributed by atoms with Crippen LogP contribution in [0, 0.1) is 5.92 Å². The van der Waals surface area contributed by atoms with Gasteiger partial charge < -0.3 is 15.2 Å². The van der Waals surface area contributed by atoms with Crippen LogP contribution in [0.15, 0.2) is 24.3 Å². The Kier molecular flexibility index (Phi) is 6.80. The molecule has 0 fully saturated rings. The van der Waals surface area contributed by atoms with Crippen LogP contribution < -0.4 is 14.8 Å². The van der Waals surface area contributed by atoms with Crippen molar-refractivity contribution in [2.75, 3.05) is 11.9 Å². The van der Waals surface area contributed by atoms with Crippen LogP contribution in [0.5, 0.6) is 5.75 Å². The molecule has 1 amide bonds. The standard InChI is InChI=1S/C18H26N2O5S/c1-12(2)26(23,24)19-11-13(3)4-8-17(21)20-15-6-7-16-14(10-15)5-9-18(22)25-16/h5-7,9-10,12-13,18-19,22H,4,8,11H2,1-3H3,(H,20,21)/t13?,18-/m0/s1. The highest BCUT2D eigenvalue weighted by Gasteiger charge is 2.17. The van der Waals surface area contributed by atoms with E-state index >= 15 is 0 Å². The number of hydrogen-bond donors (Lipinski definition) is 3. The van der Waals surface area contributed by atoms with Gasteiger partial charge in [0.25, 0.3) is 0 Å². The first-order chi connectivity index (χ1) is 12.2. The molecule has 0 aromatic heterocycles. The topological polar surface area (TPSA) is 105 Å². The van der Waals surface area contributed by atoms with Gasteiger partial charge in [0.15, 0.2) is 0 Å². The molecule has 1 aliphatic rings. The minimum Gasteiger partial charge on any atom is -0.461 e. The molecule has 8 heteroatoms. The van der Waals surface area contributed by atoms with Crippen molar-refractivity contribution in [1.82, 2.24) is 4.72 Å². The number of amides is 1. The number of nitrogens with one attached hydrogen (secondary N) is 2. The lowest BCUT2D eigenvalue weighted by Crippen LogP contribution is -2.34. The number of ether oxygens (including phenoxy) is 1. The van der Waals surface area contributed by atoms with Gasteiger partial charge in [0.1, 0.15) is 5.75 Å². The lowest BCUT2D eigenvalue weighted by molar-refractivity contribution is -0.116. The fourth-order valence-corrected chi connectivity index (χ4v) is 3.20. The summed E-state index contributed by atoms with van der Waals surface area (Å²) in [6, 6.07) is 5.18. The largest absolute Gasteiger partial charge is 0.461 e. The number of fused-ring (bicyclic) bond motifs is 1. The van der Waals surface area contributed by atoms with E-state index in [0.717, 1.165) is 5.56 Å². The lowest BCUT2D eigenvalue weighted by Gasteiger charge is -2.18. The Bertz CT molecular complexity index is 774. The second kappa shape index (κ2) is 8.66. The number of carbonyl (C=O) groups excluding carboxylic acids is 1. The maximum absolute atomic E-state index is 12.1. The highest BCUT2D eigenvalue weighted by atomic mass is 32.2. The van der Waals surface area contributed by atoms with Gasteiger partial charge in [-0.3, -0.25) is 4.79 Å². The summed E-state index contributed by atoms with van der Waals surface area (Å²) in [5.41, 5.74) is 1.43. The molecule has 0 bridgehead atoms. The number of anilines is 1. The molecular formula is C18H26N2O5S. The summed E-state index contributed by atoms with van der Waals surface area (Å²) in [4.78, 5) is 12.1. The van der Waals surface area contributed by atoms with Crippen LogP contribution in [0.4, 0.5) is 5.69 Å². The average molecular weight is 382 g/mol. The van der Waals surface area contributed by atoms with Gasteiger partial charge in [0, 0.05) is 24.2 Å². The van der Waals surface area contributed by atoms with Gasteiger partial charge in [-0.2, -0.15) is 0 Å². The number of benzene rings is 1. The van der Waals surface area contributed by atoms with Crippen LogP contribution in [0.2, 0.25) is 0 Å². The predicted molar refractivity (Wildman–Crippen MR) is 101 cm³/mol. The summed E-state index contributed by atoms with van der Waals surface area (Å²) in [5, 5.41) is 11.7. The highest BCUT2D eigenvalue weighted by Crippen LogP contribution is 2.28. The maximum Gasteiger partial charge on any atom is 0.224 e. The zero-order valence-corrected chi connectivity index (χ0v) is 16.0. The molecule has 0 saturated heterocycles. The Labute approximate surface area is 154 Å². The molecule has 1 aromatic carbocycles. The van der Waals surface area contributed by atoms with Crippen molar-refractivity contribution in [1.29, 1.82) is 0 Å². The van der Waals surface area contributed by atoms with E-state index in [1.54, 1.807) is 38.1 Å². The van der Waals surface area contributed by atoms with Crippen LogP contribution in [-0.2, 0) is 14.8 Å². The van der Waals surface area contributed by atoms with Crippen molar-refractivity contribution in [2.24, 2.45) is 5.92 Å². The first-order valence-electron chi connectivity index (χ1n) is 8.62. The third-order valence-corrected chi connectivity index (χ3v) is 5.91. The molecule has 26 heavy (non-hydrogen) atoms. The van der Waals surface area contributed by atoms with Crippen molar-refractivity contribution in [3.8, 4) is 5.75 Å². The predicted octanol–water partition coefficient (Wildman–Crippen LogP) is 2.09. The Balaban J connectivity index is 1.80. The van der Waals surface area contributed by atoms with Crippen molar-refractivity contribution >= 4 is 27.7 Å². The molecule has 2 rings (SSSR count). The molecule has 1 aliphatic heterocycles. The number of aliphatic hydroxyl groups excluding tert-OH is 1. The SMILES string of the molecule is CC(CCC(=O)Nc1ccc2c(c1)C=C[C@@H](O)O2)CNS(=O)(=O)C(C)C. The molecule has 0 saturated carbocycles. The Hall–Kier alpha value is -1.90. The van der Waals surface area contributed by atoms with E-state index in [2.05, 4.69) is 10.0 Å². The first-order valence-corrected chi connectivity index (χ1v) is 10.2. The maximum atomic E-state index is 12.1. The number of carbonyl (C=O) groups is 1. The van der Waals surface area contributed by atoms with Gasteiger partial charge in [-0.15, -0.1) is 0 Å². The van der Waals surface area contributed by atoms with Gasteiger partial charge in [0.2, 0.25) is 22.2 Å². The summed E-state index contributed by atoms with van der Waals surface area (Å²) in [5.74, 6) is 0.476. The molecule has 0 radical (unpaired) electrons. The van der Waals surface area contributed by atoms with Crippen LogP contribution in [-0.4, -0.2) is 37.5 Å². The fraction of sp³-hybridized carbons (Fsp3) is 0.500. The van der Waals surface area contributed by atoms with Gasteiger partial charge in [0.05, 0.1) is 5.25 Å². The quantitative estimate of drug-likeness (QED) is 0.639. The Morgan fingerprint density at radius 1 is 1.31 bits per heavy atom. The Morgan fingerprint density at radius 3 is 2.73 bits per heavy atom. The van der Waals surface area contributed by atoms with E-state index in [1.807, 2.05) is 6.92 Å². The van der Waals surface area contributed by atoms with E-state index in [0.29, 0.717) is 30.8 Å². The number of rotatable bonds is 8. The summed E-state index contributed by atoms with van der Waals surface area (Å²) >= 11 is 0. The van der Waals surface area contributed by atoms with Crippen molar-refractivity contribution < 1.29 is 23.1 Å². The molecule has 2 atom stereocenters. The van der Waals surface area contributed by atoms with Gasteiger partial charge >= 0.3 is 0 Å². The Morgan fingerprint density at radius 2 is 2.04 bits per heavy atom. The zero-order chi connectivity index (χ0) is 19.3. The van der Waals surface area contributed by atoms with E-state index in [1.165, 1.54) is 6.08 Å². The van der Waals surface area contributed by atoms with Crippen LogP contribution in [0.3, 0.4) is 0 Å². The zero-order valence-electron chi connectivity index (χ0n) is 15.2. The summed E-state index contributed by atoms with van der Waals surface area (Å²) < 4.78 is 31.3. The van der Waals surface area contributed by atoms with E-state index in [4.69, 9.17) is 4.74 Å². The summed E-state index contributed by atoms with van der Waals surface area (Å²) in [6.45, 7) is 5.47. The molecule has 0 spiro atoms. The van der Waals surface area contributed by atoms with Crippen LogP contribution in [0.1, 0.15) is 39.2 Å². The monoisotopic (exact) mass is 382 g/mol. The smallest absolute Gasteiger partial charge is 0.224 e. The fourth-order valence-electron chi connectivity index (χ4n) is 2.35. The van der Waals surface area contributed by atoms with E-state index in [9.17, 15) is 18.3 Å². The first kappa shape index (κ1) is 20.4. The summed E-state index contributed by atoms with van der Waals surface area (Å²) in [7, 11) is -3.28. The number of aliphatic hydroxyl groups is 1. The second-order valence-electron chi connectivity index (χ2n) is 6.75. The van der Waals surface area contributed by atoms with Crippen molar-refractivity contribution in [2.45, 2.75) is 45.2 Å². The van der Waals surface area contributed by atoms with Gasteiger partial charge in [-0.05, 0) is 56.5 Å². The molecule has 3 N–H and O–H groups in total.